The zero-order chi connectivity index (χ0) is 71.9. The summed E-state index contributed by atoms with van der Waals surface area (Å²) in [5.74, 6) is -6.70. The van der Waals surface area contributed by atoms with E-state index >= 15 is 38.4 Å². The molecule has 0 radical (unpaired) electrons. The molecule has 4 heterocycles. The number of fused-ring (bicyclic) bond motifs is 4. The van der Waals surface area contributed by atoms with Crippen molar-refractivity contribution in [2.24, 2.45) is 0 Å². The molecule has 10 atom stereocenters. The van der Waals surface area contributed by atoms with Crippen LogP contribution < -0.4 is 54.1 Å². The molecule has 0 aliphatic carbocycles. The van der Waals surface area contributed by atoms with Crippen molar-refractivity contribution in [1.82, 2.24) is 40.0 Å². The summed E-state index contributed by atoms with van der Waals surface area (Å²) in [5, 5.41) is 14.6. The van der Waals surface area contributed by atoms with Gasteiger partial charge in [-0.25, -0.2) is 18.7 Å². The van der Waals surface area contributed by atoms with Gasteiger partial charge in [0.25, 0.3) is 45.9 Å². The third kappa shape index (κ3) is 12.3. The van der Waals surface area contributed by atoms with Gasteiger partial charge in [0.05, 0.1) is 45.7 Å². The van der Waals surface area contributed by atoms with Crippen LogP contribution in [0.5, 0.6) is 0 Å². The number of hydrogen-bond donors (Lipinski definition) is 4. The van der Waals surface area contributed by atoms with Crippen LogP contribution in [0.4, 0.5) is 0 Å². The molecule has 16 nitrogen and oxygen atoms in total. The Labute approximate surface area is 601 Å². The lowest BCUT2D eigenvalue weighted by molar-refractivity contribution is 0.0930. The Bertz CT molecular complexity index is 5070. The van der Waals surface area contributed by atoms with Crippen molar-refractivity contribution >= 4 is 71.6 Å². The van der Waals surface area contributed by atoms with Crippen LogP contribution in [0.25, 0.3) is 21.5 Å². The molecule has 2 aromatic heterocycles. The van der Waals surface area contributed by atoms with Crippen molar-refractivity contribution in [3.05, 3.63) is 399 Å². The second-order valence-corrected chi connectivity index (χ2v) is 30.8. The highest BCUT2D eigenvalue weighted by Crippen LogP contribution is 2.70. The van der Waals surface area contributed by atoms with Crippen LogP contribution in [0.15, 0.2) is 310 Å². The average molecular weight is 1410 g/mol. The summed E-state index contributed by atoms with van der Waals surface area (Å²) in [5.41, 5.74) is 3.59. The minimum absolute atomic E-state index is 0.125. The van der Waals surface area contributed by atoms with Gasteiger partial charge in [-0.3, -0.25) is 38.4 Å². The molecule has 0 bridgehead atoms. The molecule has 0 saturated carbocycles. The van der Waals surface area contributed by atoms with E-state index in [1.807, 2.05) is 198 Å². The molecule has 104 heavy (non-hydrogen) atoms. The molecule has 0 saturated heterocycles. The standard InChI is InChI=1S/C86H72N8O8P2/c1-53(57-31-9-5-10-32-57)87-75(95)61-39-17-25-47-69(61)83-91-79(99)65-43-21-22-44-66(65)80(100)92(91)84(70-48-26-18-40-62(70)76(96)88-54(2)58-33-11-6-12-34-58)103(83)73-51-29-30-52-74(73)104-85(71-49-27-19-41-63(71)77(97)89-55(3)59-35-13-7-14-36-59)93-81(101)67-45-23-24-46-68(67)82(102)94(93)86(104)72-50-28-20-42-64(72)78(98)90-56(4)60-37-15-8-16-38-60/h5-56,83-86H,1-4H3,(H,87,95)(H,88,96)(H,89,97)(H,90,98)/t53-,54-,55-,56+,83-,84?,85-,86-,103?,104?/m0/s1. The first kappa shape index (κ1) is 67.8. The zero-order valence-electron chi connectivity index (χ0n) is 57.3. The average Bonchev–Trinajstić information content (AvgIpc) is 1.54. The van der Waals surface area contributed by atoms with Gasteiger partial charge in [0.1, 0.15) is 23.1 Å². The Morgan fingerprint density at radius 3 is 0.663 bits per heavy atom. The summed E-state index contributed by atoms with van der Waals surface area (Å²) in [7, 11) is -4.71. The van der Waals surface area contributed by atoms with E-state index in [1.54, 1.807) is 121 Å². The van der Waals surface area contributed by atoms with Crippen molar-refractivity contribution in [2.75, 3.05) is 0 Å². The monoisotopic (exact) mass is 1410 g/mol. The van der Waals surface area contributed by atoms with Gasteiger partial charge in [0.15, 0.2) is 0 Å². The van der Waals surface area contributed by atoms with Crippen molar-refractivity contribution in [3.63, 3.8) is 0 Å². The Morgan fingerprint density at radius 2 is 0.442 bits per heavy atom. The van der Waals surface area contributed by atoms with Crippen molar-refractivity contribution in [1.29, 1.82) is 0 Å². The highest BCUT2D eigenvalue weighted by Gasteiger charge is 2.53. The SMILES string of the molecule is C[C@H](NC(=O)c1ccccc1C1n2c(=O)c3ccccc3c(=O)n2[C@H](c2ccccc2C(=O)N[C@@H](C)c2ccccc2)P1c1ccccc1P1[C@@H](c2ccccc2C(=O)N[C@@H](C)c2ccccc2)n2c(=O)c3ccccc3c(=O)n2[C@@H]1c1ccccc1C(=O)N[C@H](C)c1ccccc1)c1ccccc1. The number of nitrogens with zero attached hydrogens (tertiary/aromatic N) is 4. The molecule has 0 spiro atoms. The number of carbonyl (C=O) groups excluding carboxylic acids is 4. The molecule has 2 aliphatic heterocycles. The molecule has 2 aliphatic rings. The van der Waals surface area contributed by atoms with Crippen LogP contribution in [-0.2, 0) is 0 Å². The molecule has 4 N–H and O–H groups in total. The first-order chi connectivity index (χ1) is 50.7. The highest BCUT2D eigenvalue weighted by atomic mass is 31.1. The quantitative estimate of drug-likeness (QED) is 0.0607. The predicted octanol–water partition coefficient (Wildman–Crippen LogP) is 14.4. The van der Waals surface area contributed by atoms with E-state index in [4.69, 9.17) is 0 Å². The third-order valence-electron chi connectivity index (χ3n) is 20.0. The Morgan fingerprint density at radius 1 is 0.260 bits per heavy atom. The van der Waals surface area contributed by atoms with Crippen LogP contribution >= 0.6 is 15.8 Å². The summed E-state index contributed by atoms with van der Waals surface area (Å²) in [6.45, 7) is 7.56. The lowest BCUT2D eigenvalue weighted by Gasteiger charge is -2.33. The van der Waals surface area contributed by atoms with Gasteiger partial charge >= 0.3 is 0 Å². The van der Waals surface area contributed by atoms with E-state index in [0.717, 1.165) is 22.3 Å². The topological polar surface area (TPSA) is 204 Å². The van der Waals surface area contributed by atoms with Crippen LogP contribution in [0.2, 0.25) is 0 Å². The second kappa shape index (κ2) is 28.8. The lowest BCUT2D eigenvalue weighted by Crippen LogP contribution is -2.38. The minimum atomic E-state index is -2.35. The second-order valence-electron chi connectivity index (χ2n) is 26.3. The van der Waals surface area contributed by atoms with E-state index in [9.17, 15) is 0 Å². The number of hydrogen-bond acceptors (Lipinski definition) is 8. The molecule has 3 unspecified atom stereocenters. The van der Waals surface area contributed by atoms with Crippen LogP contribution in [-0.4, -0.2) is 42.4 Å². The predicted molar refractivity (Wildman–Crippen MR) is 412 cm³/mol. The van der Waals surface area contributed by atoms with Gasteiger partial charge < -0.3 is 21.3 Å². The fraction of sp³-hybridized carbons (Fsp3) is 0.140. The molecule has 13 aromatic rings. The first-order valence-electron chi connectivity index (χ1n) is 34.6. The molecule has 514 valence electrons. The van der Waals surface area contributed by atoms with Gasteiger partial charge in [-0.2, -0.15) is 0 Å². The number of rotatable bonds is 18. The van der Waals surface area contributed by atoms with Gasteiger partial charge in [-0.05, 0) is 147 Å². The van der Waals surface area contributed by atoms with Crippen LogP contribution in [0, 0.1) is 0 Å². The number of carbonyl (C=O) groups is 4. The maximum Gasteiger partial charge on any atom is 0.274 e. The fourth-order valence-corrected chi connectivity index (χ4v) is 22.3. The molecule has 0 fully saturated rings. The summed E-state index contributed by atoms with van der Waals surface area (Å²) >= 11 is 0. The largest absolute Gasteiger partial charge is 0.346 e. The fourth-order valence-electron chi connectivity index (χ4n) is 14.9. The molecule has 11 aromatic carbocycles. The van der Waals surface area contributed by atoms with Crippen LogP contribution in [0.3, 0.4) is 0 Å². The van der Waals surface area contributed by atoms with Crippen molar-refractivity contribution in [3.8, 4) is 0 Å². The van der Waals surface area contributed by atoms with E-state index in [2.05, 4.69) is 21.3 Å². The minimum Gasteiger partial charge on any atom is -0.346 e. The first-order valence-corrected chi connectivity index (χ1v) is 37.6. The molecule has 18 heteroatoms. The number of benzene rings is 11. The smallest absolute Gasteiger partial charge is 0.274 e. The highest BCUT2D eigenvalue weighted by molar-refractivity contribution is 7.72. The molecule has 4 amide bonds. The summed E-state index contributed by atoms with van der Waals surface area (Å²) in [4.78, 5) is 128. The van der Waals surface area contributed by atoms with E-state index in [0.29, 0.717) is 32.9 Å². The third-order valence-corrected chi connectivity index (χ3v) is 26.2. The molecule has 15 rings (SSSR count). The van der Waals surface area contributed by atoms with E-state index in [-0.39, 0.29) is 43.8 Å². The van der Waals surface area contributed by atoms with Gasteiger partial charge in [0.2, 0.25) is 0 Å². The maximum absolute atomic E-state index is 16.5. The zero-order valence-corrected chi connectivity index (χ0v) is 59.1. The van der Waals surface area contributed by atoms with Crippen molar-refractivity contribution < 1.29 is 19.2 Å². The van der Waals surface area contributed by atoms with Gasteiger partial charge in [-0.1, -0.05) is 243 Å². The lowest BCUT2D eigenvalue weighted by atomic mass is 10.0. The Kier molecular flexibility index (Phi) is 18.8. The number of nitrogens with one attached hydrogen (secondary N) is 4. The van der Waals surface area contributed by atoms with E-state index in [1.165, 1.54) is 18.7 Å². The maximum atomic E-state index is 16.5. The summed E-state index contributed by atoms with van der Waals surface area (Å²) < 4.78 is 5.95. The van der Waals surface area contributed by atoms with Crippen LogP contribution in [0.1, 0.15) is 161 Å². The summed E-state index contributed by atoms with van der Waals surface area (Å²) in [6, 6.07) is 85.5. The normalized spacial score (nSPS) is 17.8. The Balaban J connectivity index is 1.04. The number of aromatic nitrogens is 4. The Hall–Kier alpha value is -12.0. The van der Waals surface area contributed by atoms with Gasteiger partial charge in [0, 0.05) is 22.3 Å². The number of amides is 4. The molecular formula is C86H72N8O8P2. The summed E-state index contributed by atoms with van der Waals surface area (Å²) in [6.07, 6.45) is 0. The van der Waals surface area contributed by atoms with Gasteiger partial charge in [-0.15, -0.1) is 0 Å². The van der Waals surface area contributed by atoms with E-state index < -0.39 is 109 Å². The molecular weight excluding hydrogens is 1330 g/mol. The van der Waals surface area contributed by atoms with Crippen molar-refractivity contribution in [2.45, 2.75) is 75.0 Å².